The third kappa shape index (κ3) is 3.49. The van der Waals surface area contributed by atoms with Gasteiger partial charge in [-0.2, -0.15) is 0 Å². The first-order valence-corrected chi connectivity index (χ1v) is 8.50. The first kappa shape index (κ1) is 16.2. The van der Waals surface area contributed by atoms with Crippen LogP contribution in [0.3, 0.4) is 0 Å². The van der Waals surface area contributed by atoms with Gasteiger partial charge in [-0.05, 0) is 50.2 Å². The zero-order valence-electron chi connectivity index (χ0n) is 14.3. The van der Waals surface area contributed by atoms with Crippen LogP contribution in [0.15, 0.2) is 60.7 Å². The second kappa shape index (κ2) is 6.46. The lowest BCUT2D eigenvalue weighted by molar-refractivity contribution is -0.426. The fourth-order valence-corrected chi connectivity index (χ4v) is 3.49. The van der Waals surface area contributed by atoms with Gasteiger partial charge in [0.1, 0.15) is 11.2 Å². The van der Waals surface area contributed by atoms with Crippen LogP contribution in [0.2, 0.25) is 0 Å². The van der Waals surface area contributed by atoms with Gasteiger partial charge in [0.15, 0.2) is 0 Å². The molecule has 0 bridgehead atoms. The van der Waals surface area contributed by atoms with Crippen LogP contribution < -0.4 is 0 Å². The average Bonchev–Trinajstić information content (AvgIpc) is 2.59. The van der Waals surface area contributed by atoms with Crippen molar-refractivity contribution in [2.45, 2.75) is 51.2 Å². The van der Waals surface area contributed by atoms with E-state index in [1.54, 1.807) is 0 Å². The van der Waals surface area contributed by atoms with E-state index >= 15 is 0 Å². The molecule has 3 unspecified atom stereocenters. The van der Waals surface area contributed by atoms with Crippen molar-refractivity contribution in [2.24, 2.45) is 5.92 Å². The molecule has 0 aliphatic carbocycles. The molecule has 2 aromatic rings. The Morgan fingerprint density at radius 2 is 1.26 bits per heavy atom. The third-order valence-corrected chi connectivity index (χ3v) is 5.03. The summed E-state index contributed by atoms with van der Waals surface area (Å²) in [6.45, 7) is 6.57. The van der Waals surface area contributed by atoms with Crippen molar-refractivity contribution in [1.82, 2.24) is 0 Å². The van der Waals surface area contributed by atoms with E-state index in [1.165, 1.54) is 11.1 Å². The molecule has 0 spiro atoms. The molecule has 1 aliphatic rings. The minimum absolute atomic E-state index is 0.411. The smallest absolute Gasteiger partial charge is 0.126 e. The molecule has 122 valence electrons. The lowest BCUT2D eigenvalue weighted by Crippen LogP contribution is -2.37. The lowest BCUT2D eigenvalue weighted by Gasteiger charge is -2.40. The largest absolute Gasteiger partial charge is 0.225 e. The second-order valence-corrected chi connectivity index (χ2v) is 7.21. The standard InChI is InChI=1S/C21H26O2/c1-17-14-15-20(2,18-10-6-4-7-11-18)22-23-21(3,16-17)19-12-8-5-9-13-19/h4-13,17H,14-16H2,1-3H3. The maximum atomic E-state index is 6.10. The highest BCUT2D eigenvalue weighted by atomic mass is 17.2. The van der Waals surface area contributed by atoms with Crippen molar-refractivity contribution < 1.29 is 9.78 Å². The fourth-order valence-electron chi connectivity index (χ4n) is 3.49. The molecule has 23 heavy (non-hydrogen) atoms. The highest BCUT2D eigenvalue weighted by Crippen LogP contribution is 2.42. The summed E-state index contributed by atoms with van der Waals surface area (Å²) in [6.07, 6.45) is 3.04. The quantitative estimate of drug-likeness (QED) is 0.674. The summed E-state index contributed by atoms with van der Waals surface area (Å²) in [5.41, 5.74) is 1.51. The Morgan fingerprint density at radius 1 is 0.783 bits per heavy atom. The Kier molecular flexibility index (Phi) is 4.56. The van der Waals surface area contributed by atoms with Crippen LogP contribution in [0.25, 0.3) is 0 Å². The summed E-state index contributed by atoms with van der Waals surface area (Å²) in [5.74, 6) is 0.576. The van der Waals surface area contributed by atoms with Crippen LogP contribution in [0, 0.1) is 5.92 Å². The molecule has 1 aliphatic heterocycles. The lowest BCUT2D eigenvalue weighted by atomic mass is 9.81. The molecule has 3 atom stereocenters. The highest BCUT2D eigenvalue weighted by molar-refractivity contribution is 5.23. The van der Waals surface area contributed by atoms with Crippen LogP contribution in [0.1, 0.15) is 51.2 Å². The predicted molar refractivity (Wildman–Crippen MR) is 92.8 cm³/mol. The zero-order chi connectivity index (χ0) is 16.3. The van der Waals surface area contributed by atoms with Gasteiger partial charge in [-0.3, -0.25) is 0 Å². The van der Waals surface area contributed by atoms with Gasteiger partial charge >= 0.3 is 0 Å². The van der Waals surface area contributed by atoms with Gasteiger partial charge in [0.25, 0.3) is 0 Å². The maximum Gasteiger partial charge on any atom is 0.126 e. The molecule has 0 amide bonds. The Bertz CT molecular complexity index is 625. The van der Waals surface area contributed by atoms with Crippen LogP contribution >= 0.6 is 0 Å². The molecular formula is C21H26O2. The van der Waals surface area contributed by atoms with Crippen LogP contribution in [-0.4, -0.2) is 0 Å². The fraction of sp³-hybridized carbons (Fsp3) is 0.429. The molecule has 0 saturated carbocycles. The van der Waals surface area contributed by atoms with Gasteiger partial charge in [0.05, 0.1) is 0 Å². The van der Waals surface area contributed by atoms with E-state index < -0.39 is 11.2 Å². The summed E-state index contributed by atoms with van der Waals surface area (Å²) in [5, 5.41) is 0. The van der Waals surface area contributed by atoms with E-state index in [0.29, 0.717) is 5.92 Å². The summed E-state index contributed by atoms with van der Waals surface area (Å²) in [4.78, 5) is 12.2. The number of hydrogen-bond acceptors (Lipinski definition) is 2. The first-order chi connectivity index (χ1) is 11.0. The Balaban J connectivity index is 1.90. The molecule has 1 saturated heterocycles. The Morgan fingerprint density at radius 3 is 1.83 bits per heavy atom. The minimum Gasteiger partial charge on any atom is -0.225 e. The van der Waals surface area contributed by atoms with E-state index in [2.05, 4.69) is 69.3 Å². The third-order valence-electron chi connectivity index (χ3n) is 5.03. The van der Waals surface area contributed by atoms with Crippen LogP contribution in [0.4, 0.5) is 0 Å². The van der Waals surface area contributed by atoms with Crippen LogP contribution in [0.5, 0.6) is 0 Å². The molecule has 2 nitrogen and oxygen atoms in total. The molecule has 3 rings (SSSR count). The summed E-state index contributed by atoms with van der Waals surface area (Å²) in [6, 6.07) is 20.8. The van der Waals surface area contributed by atoms with Crippen molar-refractivity contribution in [3.05, 3.63) is 71.8 Å². The zero-order valence-corrected chi connectivity index (χ0v) is 14.3. The topological polar surface area (TPSA) is 18.5 Å². The summed E-state index contributed by atoms with van der Waals surface area (Å²) < 4.78 is 0. The molecule has 0 N–H and O–H groups in total. The monoisotopic (exact) mass is 310 g/mol. The maximum absolute atomic E-state index is 6.10. The van der Waals surface area contributed by atoms with Crippen molar-refractivity contribution in [1.29, 1.82) is 0 Å². The molecule has 0 aromatic heterocycles. The van der Waals surface area contributed by atoms with Gasteiger partial charge < -0.3 is 0 Å². The normalized spacial score (nSPS) is 32.0. The number of rotatable bonds is 2. The van der Waals surface area contributed by atoms with Crippen molar-refractivity contribution in [3.8, 4) is 0 Å². The highest BCUT2D eigenvalue weighted by Gasteiger charge is 2.39. The minimum atomic E-state index is -0.420. The van der Waals surface area contributed by atoms with E-state index in [9.17, 15) is 0 Å². The van der Waals surface area contributed by atoms with Gasteiger partial charge in [0.2, 0.25) is 0 Å². The van der Waals surface area contributed by atoms with Crippen molar-refractivity contribution in [3.63, 3.8) is 0 Å². The van der Waals surface area contributed by atoms with Crippen molar-refractivity contribution >= 4 is 0 Å². The molecule has 1 heterocycles. The molecule has 2 heteroatoms. The summed E-state index contributed by atoms with van der Waals surface area (Å²) in [7, 11) is 0. The SMILES string of the molecule is CC1CCC(C)(c2ccccc2)OOC(C)(c2ccccc2)C1. The molecule has 1 fully saturated rings. The Labute approximate surface area is 139 Å². The van der Waals surface area contributed by atoms with Gasteiger partial charge in [-0.1, -0.05) is 67.6 Å². The molecular weight excluding hydrogens is 284 g/mol. The Hall–Kier alpha value is -1.64. The molecule has 2 aromatic carbocycles. The first-order valence-electron chi connectivity index (χ1n) is 8.50. The predicted octanol–water partition coefficient (Wildman–Crippen LogP) is 5.59. The number of benzene rings is 2. The van der Waals surface area contributed by atoms with Crippen molar-refractivity contribution in [2.75, 3.05) is 0 Å². The van der Waals surface area contributed by atoms with E-state index in [-0.39, 0.29) is 0 Å². The van der Waals surface area contributed by atoms with Gasteiger partial charge in [-0.15, -0.1) is 0 Å². The van der Waals surface area contributed by atoms with E-state index in [1.807, 2.05) is 12.1 Å². The number of hydrogen-bond donors (Lipinski definition) is 0. The van der Waals surface area contributed by atoms with E-state index in [4.69, 9.17) is 9.78 Å². The second-order valence-electron chi connectivity index (χ2n) is 7.21. The van der Waals surface area contributed by atoms with Gasteiger partial charge in [-0.25, -0.2) is 9.78 Å². The molecule has 0 radical (unpaired) electrons. The van der Waals surface area contributed by atoms with E-state index in [0.717, 1.165) is 19.3 Å². The van der Waals surface area contributed by atoms with Gasteiger partial charge in [0, 0.05) is 0 Å². The summed E-state index contributed by atoms with van der Waals surface area (Å²) >= 11 is 0. The average molecular weight is 310 g/mol. The van der Waals surface area contributed by atoms with Crippen LogP contribution in [-0.2, 0) is 21.0 Å².